The first-order valence-corrected chi connectivity index (χ1v) is 7.46. The van der Waals surface area contributed by atoms with Crippen LogP contribution in [0, 0.1) is 21.4 Å². The van der Waals surface area contributed by atoms with Crippen molar-refractivity contribution in [3.05, 3.63) is 33.4 Å². The summed E-state index contributed by atoms with van der Waals surface area (Å²) in [6.07, 6.45) is 0. The van der Waals surface area contributed by atoms with Crippen molar-refractivity contribution < 1.29 is 13.3 Å². The lowest BCUT2D eigenvalue weighted by atomic mass is 10.1. The van der Waals surface area contributed by atoms with Crippen LogP contribution in [0.5, 0.6) is 0 Å². The van der Waals surface area contributed by atoms with Gasteiger partial charge in [-0.2, -0.15) is 5.26 Å². The van der Waals surface area contributed by atoms with E-state index >= 15 is 0 Å². The second-order valence-electron chi connectivity index (χ2n) is 2.92. The SMILES string of the molecule is N#Cc1cc(CBr)c([N+](=O)[O-])cc1S(=O)(=O)Cl. The van der Waals surface area contributed by atoms with E-state index in [0.717, 1.165) is 12.1 Å². The summed E-state index contributed by atoms with van der Waals surface area (Å²) >= 11 is 3.02. The molecule has 0 amide bonds. The maximum Gasteiger partial charge on any atom is 0.274 e. The van der Waals surface area contributed by atoms with Crippen LogP contribution in [0.1, 0.15) is 11.1 Å². The zero-order valence-corrected chi connectivity index (χ0v) is 11.2. The van der Waals surface area contributed by atoms with Gasteiger partial charge in [0.2, 0.25) is 0 Å². The summed E-state index contributed by atoms with van der Waals surface area (Å²) < 4.78 is 22.3. The van der Waals surface area contributed by atoms with Gasteiger partial charge in [-0.3, -0.25) is 10.1 Å². The van der Waals surface area contributed by atoms with Crippen molar-refractivity contribution in [1.29, 1.82) is 5.26 Å². The highest BCUT2D eigenvalue weighted by atomic mass is 79.9. The molecule has 1 aromatic rings. The summed E-state index contributed by atoms with van der Waals surface area (Å²) in [5.74, 6) is 0. The Kier molecular flexibility index (Phi) is 4.08. The van der Waals surface area contributed by atoms with Crippen molar-refractivity contribution in [3.63, 3.8) is 0 Å². The fourth-order valence-corrected chi connectivity index (χ4v) is 2.63. The van der Waals surface area contributed by atoms with Gasteiger partial charge in [0.15, 0.2) is 0 Å². The van der Waals surface area contributed by atoms with Gasteiger partial charge < -0.3 is 0 Å². The molecule has 17 heavy (non-hydrogen) atoms. The Morgan fingerprint density at radius 3 is 2.47 bits per heavy atom. The van der Waals surface area contributed by atoms with Gasteiger partial charge in [-0.05, 0) is 6.07 Å². The Morgan fingerprint density at radius 1 is 1.53 bits per heavy atom. The van der Waals surface area contributed by atoms with E-state index in [1.54, 1.807) is 6.07 Å². The normalized spacial score (nSPS) is 10.9. The fourth-order valence-electron chi connectivity index (χ4n) is 1.18. The molecule has 0 unspecified atom stereocenters. The van der Waals surface area contributed by atoms with Crippen LogP contribution < -0.4 is 0 Å². The van der Waals surface area contributed by atoms with E-state index in [2.05, 4.69) is 15.9 Å². The smallest absolute Gasteiger partial charge is 0.258 e. The van der Waals surface area contributed by atoms with Crippen molar-refractivity contribution in [3.8, 4) is 6.07 Å². The van der Waals surface area contributed by atoms with Crippen LogP contribution in [0.2, 0.25) is 0 Å². The molecule has 9 heteroatoms. The molecule has 90 valence electrons. The number of alkyl halides is 1. The molecule has 0 radical (unpaired) electrons. The largest absolute Gasteiger partial charge is 0.274 e. The fraction of sp³-hybridized carbons (Fsp3) is 0.125. The second-order valence-corrected chi connectivity index (χ2v) is 6.01. The summed E-state index contributed by atoms with van der Waals surface area (Å²) in [5.41, 5.74) is -0.421. The number of rotatable bonds is 3. The molecule has 0 aliphatic rings. The molecular weight excluding hydrogens is 336 g/mol. The standard InChI is InChI=1S/C8H4BrClN2O4S/c9-3-5-1-6(4-11)8(17(10,15)16)2-7(5)12(13)14/h1-2H,3H2. The third-order valence-corrected chi connectivity index (χ3v) is 3.87. The van der Waals surface area contributed by atoms with Crippen LogP contribution >= 0.6 is 26.6 Å². The van der Waals surface area contributed by atoms with Gasteiger partial charge in [0.25, 0.3) is 14.7 Å². The Balaban J connectivity index is 3.70. The van der Waals surface area contributed by atoms with Gasteiger partial charge in [-0.1, -0.05) is 15.9 Å². The van der Waals surface area contributed by atoms with E-state index in [1.807, 2.05) is 0 Å². The molecule has 0 aromatic heterocycles. The molecule has 0 N–H and O–H groups in total. The first kappa shape index (κ1) is 13.9. The summed E-state index contributed by atoms with van der Waals surface area (Å²) in [7, 11) is 0.905. The highest BCUT2D eigenvalue weighted by Crippen LogP contribution is 2.29. The van der Waals surface area contributed by atoms with E-state index in [0.29, 0.717) is 0 Å². The maximum atomic E-state index is 11.2. The minimum absolute atomic E-state index is 0.126. The lowest BCUT2D eigenvalue weighted by Crippen LogP contribution is -2.01. The molecule has 6 nitrogen and oxygen atoms in total. The Bertz CT molecular complexity index is 623. The molecular formula is C8H4BrClN2O4S. The molecule has 0 bridgehead atoms. The van der Waals surface area contributed by atoms with E-state index < -0.39 is 24.6 Å². The molecule has 1 rings (SSSR count). The van der Waals surface area contributed by atoms with Crippen LogP contribution in [0.25, 0.3) is 0 Å². The number of nitro benzene ring substituents is 1. The summed E-state index contributed by atoms with van der Waals surface area (Å²) in [6, 6.07) is 3.55. The van der Waals surface area contributed by atoms with Crippen LogP contribution in [0.3, 0.4) is 0 Å². The minimum Gasteiger partial charge on any atom is -0.258 e. The van der Waals surface area contributed by atoms with Crippen molar-refractivity contribution in [2.24, 2.45) is 0 Å². The number of benzene rings is 1. The highest BCUT2D eigenvalue weighted by molar-refractivity contribution is 9.08. The van der Waals surface area contributed by atoms with Crippen molar-refractivity contribution >= 4 is 41.4 Å². The molecule has 0 saturated carbocycles. The third-order valence-electron chi connectivity index (χ3n) is 1.90. The van der Waals surface area contributed by atoms with Crippen LogP contribution in [-0.4, -0.2) is 13.3 Å². The first-order chi connectivity index (χ1) is 7.81. The molecule has 0 aliphatic heterocycles. The zero-order chi connectivity index (χ0) is 13.2. The van der Waals surface area contributed by atoms with E-state index in [-0.39, 0.29) is 16.5 Å². The monoisotopic (exact) mass is 338 g/mol. The average Bonchev–Trinajstić information content (AvgIpc) is 2.25. The number of hydrogen-bond donors (Lipinski definition) is 0. The molecule has 0 atom stereocenters. The second kappa shape index (κ2) is 5.00. The predicted octanol–water partition coefficient (Wildman–Crippen LogP) is 2.29. The van der Waals surface area contributed by atoms with Crippen LogP contribution in [0.4, 0.5) is 5.69 Å². The predicted molar refractivity (Wildman–Crippen MR) is 63.5 cm³/mol. The Labute approximate surface area is 110 Å². The van der Waals surface area contributed by atoms with E-state index in [4.69, 9.17) is 15.9 Å². The van der Waals surface area contributed by atoms with Crippen molar-refractivity contribution in [2.75, 3.05) is 0 Å². The molecule has 0 spiro atoms. The third kappa shape index (κ3) is 2.94. The summed E-state index contributed by atoms with van der Waals surface area (Å²) in [5, 5.41) is 19.6. The summed E-state index contributed by atoms with van der Waals surface area (Å²) in [4.78, 5) is 9.43. The molecule has 0 saturated heterocycles. The lowest BCUT2D eigenvalue weighted by molar-refractivity contribution is -0.385. The maximum absolute atomic E-state index is 11.2. The van der Waals surface area contributed by atoms with Crippen molar-refractivity contribution in [1.82, 2.24) is 0 Å². The minimum atomic E-state index is -4.20. The van der Waals surface area contributed by atoms with Gasteiger partial charge in [0.1, 0.15) is 11.0 Å². The van der Waals surface area contributed by atoms with Gasteiger partial charge >= 0.3 is 0 Å². The van der Waals surface area contributed by atoms with Crippen LogP contribution in [0.15, 0.2) is 17.0 Å². The van der Waals surface area contributed by atoms with Gasteiger partial charge in [-0.15, -0.1) is 0 Å². The molecule has 1 aromatic carbocycles. The Morgan fingerprint density at radius 2 is 2.12 bits per heavy atom. The number of hydrogen-bond acceptors (Lipinski definition) is 5. The number of nitrogens with zero attached hydrogens (tertiary/aromatic N) is 2. The van der Waals surface area contributed by atoms with E-state index in [9.17, 15) is 18.5 Å². The first-order valence-electron chi connectivity index (χ1n) is 4.03. The van der Waals surface area contributed by atoms with Crippen molar-refractivity contribution in [2.45, 2.75) is 10.2 Å². The highest BCUT2D eigenvalue weighted by Gasteiger charge is 2.23. The topological polar surface area (TPSA) is 101 Å². The number of nitriles is 1. The lowest BCUT2D eigenvalue weighted by Gasteiger charge is -2.03. The Hall–Kier alpha value is -1.17. The van der Waals surface area contributed by atoms with Gasteiger partial charge in [0.05, 0.1) is 10.5 Å². The van der Waals surface area contributed by atoms with Gasteiger partial charge in [-0.25, -0.2) is 8.42 Å². The number of halogens is 2. The van der Waals surface area contributed by atoms with Gasteiger partial charge in [0, 0.05) is 27.6 Å². The average molecular weight is 340 g/mol. The zero-order valence-electron chi connectivity index (χ0n) is 8.05. The molecule has 0 fully saturated rings. The quantitative estimate of drug-likeness (QED) is 0.364. The molecule has 0 heterocycles. The van der Waals surface area contributed by atoms with Crippen LogP contribution in [-0.2, 0) is 14.4 Å². The molecule has 0 aliphatic carbocycles. The summed E-state index contributed by atoms with van der Waals surface area (Å²) in [6.45, 7) is 0. The number of nitro groups is 1. The van der Waals surface area contributed by atoms with E-state index in [1.165, 1.54) is 0 Å².